The number of halogens is 4. The van der Waals surface area contributed by atoms with Crippen LogP contribution in [0.5, 0.6) is 11.5 Å². The summed E-state index contributed by atoms with van der Waals surface area (Å²) in [5, 5.41) is 13.6. The second-order valence-corrected chi connectivity index (χ2v) is 36.7. The molecule has 0 radical (unpaired) electrons. The molecule has 36 heteroatoms. The minimum Gasteiger partial charge on any atom is -0.488 e. The van der Waals surface area contributed by atoms with Crippen LogP contribution in [0, 0.1) is 23.3 Å². The van der Waals surface area contributed by atoms with Crippen molar-refractivity contribution in [3.8, 4) is 11.5 Å². The Morgan fingerprint density at radius 3 is 1.02 bits per heavy atom. The van der Waals surface area contributed by atoms with Crippen LogP contribution < -0.4 is 41.4 Å². The number of carbonyl (C=O) groups excluding carboxylic acids is 12. The van der Waals surface area contributed by atoms with Gasteiger partial charge in [0.05, 0.1) is 64.7 Å². The van der Waals surface area contributed by atoms with E-state index in [1.807, 2.05) is 66.0 Å². The van der Waals surface area contributed by atoms with E-state index in [1.165, 1.54) is 109 Å². The van der Waals surface area contributed by atoms with Gasteiger partial charge in [-0.25, -0.2) is 17.6 Å². The van der Waals surface area contributed by atoms with Crippen molar-refractivity contribution < 1.29 is 134 Å². The molecule has 12 aliphatic rings. The Bertz CT molecular complexity index is 7220. The van der Waals surface area contributed by atoms with Gasteiger partial charge in [0, 0.05) is 236 Å². The van der Waals surface area contributed by atoms with E-state index in [4.69, 9.17) is 58.6 Å². The Hall–Kier alpha value is -13.2. The van der Waals surface area contributed by atoms with Crippen molar-refractivity contribution in [1.82, 2.24) is 60.5 Å². The molecule has 12 heterocycles. The first-order valence-electron chi connectivity index (χ1n) is 58.1. The molecule has 760 valence electrons. The summed E-state index contributed by atoms with van der Waals surface area (Å²) >= 11 is 0. The molecule has 0 aliphatic carbocycles. The zero-order chi connectivity index (χ0) is 121. The molecule has 12 unspecified atom stereocenters. The van der Waals surface area contributed by atoms with Crippen LogP contribution >= 0.6 is 0 Å². The highest BCUT2D eigenvalue weighted by molar-refractivity contribution is 6.09. The van der Waals surface area contributed by atoms with Gasteiger partial charge in [-0.2, -0.15) is 0 Å². The number of nitrogens with one attached hydrogen (secondary N) is 6. The summed E-state index contributed by atoms with van der Waals surface area (Å²) in [4.78, 5) is 161. The van der Waals surface area contributed by atoms with Gasteiger partial charge in [0.15, 0.2) is 0 Å². The summed E-state index contributed by atoms with van der Waals surface area (Å²) in [5.74, 6) is -14.2. The van der Waals surface area contributed by atoms with Crippen LogP contribution in [-0.4, -0.2) is 235 Å². The minimum atomic E-state index is -3.40. The van der Waals surface area contributed by atoms with Crippen LogP contribution in [-0.2, 0) is 136 Å². The molecule has 8 fully saturated rings. The van der Waals surface area contributed by atoms with Crippen LogP contribution in [0.3, 0.4) is 0 Å². The molecular formula is C108H122F4N14O18. The molecular weight excluding hydrogens is 1860 g/mol. The SMILES string of the molecule is [2H]C([2H])(c1ccc(F)c(CNc2cccc3c2CN(C2([2H])C(=O)NC(=O)C([2H])([2H])C2([2H])[2H])C3=O)c1)N1CC(C)OC(C)C1.[2H]C([2H])(c1ccc(F)c(CNc2cccc3c2CN(C2C(=O)NC(=O)C([2H])([2H])C2([2H])[2H])C3=O)c1)N1CC(C)OC(C)C1.[2H]C([2H])(c1ccc(F)c(COc2cccc3c2CN(C2C(=O)NC(=O)C([2H])([2H])C2([2H])[2H])C3=O)c1)N1CC(C)OC(C)C1.[2H]C1(N2Cc3c(OCc4cc(C([2H])([2H])N5CC(C)OC(C)C5)ccc4F)cccc3C2=O)CCC(=O)NC1=O. The van der Waals surface area contributed by atoms with E-state index in [1.54, 1.807) is 61.3 Å². The molecule has 12 aliphatic heterocycles. The quantitative estimate of drug-likeness (QED) is 0.0242. The predicted molar refractivity (Wildman–Crippen MR) is 520 cm³/mol. The van der Waals surface area contributed by atoms with Crippen molar-refractivity contribution in [3.05, 3.63) is 258 Å². The van der Waals surface area contributed by atoms with Crippen molar-refractivity contribution in [2.24, 2.45) is 0 Å². The largest absolute Gasteiger partial charge is 0.488 e. The van der Waals surface area contributed by atoms with Gasteiger partial charge in [-0.05, 0) is 200 Å². The van der Waals surface area contributed by atoms with Gasteiger partial charge in [-0.15, -0.1) is 0 Å². The van der Waals surface area contributed by atoms with Crippen LogP contribution in [0.2, 0.25) is 0 Å². The first-order chi connectivity index (χ1) is 77.4. The lowest BCUT2D eigenvalue weighted by atomic mass is 10.0. The molecule has 12 atom stereocenters. The smallest absolute Gasteiger partial charge is 0.255 e. The second-order valence-electron chi connectivity index (χ2n) is 36.7. The highest BCUT2D eigenvalue weighted by Gasteiger charge is 2.46. The van der Waals surface area contributed by atoms with E-state index in [0.29, 0.717) is 85.5 Å². The highest BCUT2D eigenvalue weighted by atomic mass is 19.1. The Labute approximate surface area is 863 Å². The van der Waals surface area contributed by atoms with Crippen LogP contribution in [0.1, 0.15) is 245 Å². The van der Waals surface area contributed by atoms with Gasteiger partial charge < -0.3 is 58.7 Å². The maximum Gasteiger partial charge on any atom is 0.255 e. The zero-order valence-electron chi connectivity index (χ0n) is 102. The Morgan fingerprint density at radius 2 is 0.646 bits per heavy atom. The van der Waals surface area contributed by atoms with Crippen LogP contribution in [0.4, 0.5) is 28.9 Å². The van der Waals surface area contributed by atoms with Gasteiger partial charge in [-0.1, -0.05) is 48.5 Å². The van der Waals surface area contributed by atoms with E-state index in [9.17, 15) is 75.1 Å². The van der Waals surface area contributed by atoms with Crippen molar-refractivity contribution in [2.75, 3.05) is 63.0 Å². The summed E-state index contributed by atoms with van der Waals surface area (Å²) in [6.45, 7) is 8.46. The van der Waals surface area contributed by atoms with E-state index in [0.717, 1.165) is 14.7 Å². The van der Waals surface area contributed by atoms with Gasteiger partial charge >= 0.3 is 0 Å². The number of fused-ring (bicyclic) bond motifs is 4. The lowest BCUT2D eigenvalue weighted by molar-refractivity contribution is -0.138. The third-order valence-electron chi connectivity index (χ3n) is 25.2. The average Bonchev–Trinajstić information content (AvgIpc) is 1.33. The highest BCUT2D eigenvalue weighted by Crippen LogP contribution is 2.40. The topological polar surface area (TPSA) is 358 Å². The van der Waals surface area contributed by atoms with Crippen molar-refractivity contribution in [3.63, 3.8) is 0 Å². The molecule has 32 nitrogen and oxygen atoms in total. The zero-order valence-corrected chi connectivity index (χ0v) is 79.8. The Balaban J connectivity index is 0.000000148. The fourth-order valence-corrected chi connectivity index (χ4v) is 19.0. The number of piperidine rings is 4. The first kappa shape index (κ1) is 77.3. The number of ether oxygens (including phenoxy) is 6. The molecule has 0 aromatic heterocycles. The Morgan fingerprint density at radius 1 is 0.354 bits per heavy atom. The van der Waals surface area contributed by atoms with E-state index >= 15 is 0 Å². The third-order valence-corrected chi connectivity index (χ3v) is 25.2. The normalized spacial score (nSPS) is 30.4. The predicted octanol–water partition coefficient (Wildman–Crippen LogP) is 11.2. The first-order valence-corrected chi connectivity index (χ1v) is 47.1. The number of morpholine rings is 4. The van der Waals surface area contributed by atoms with E-state index in [-0.39, 0.29) is 191 Å². The number of imide groups is 4. The van der Waals surface area contributed by atoms with E-state index in [2.05, 4.69) is 16.0 Å². The number of rotatable bonds is 24. The standard InChI is InChI=1S/2C27H31FN4O4.2C27H30FN3O5/c2*1-16-12-31(13-17(2)36-16)14-18-6-7-22(28)19(10-18)11-29-23-5-3-4-20-21(23)15-32(27(20)35)24-8-9-25(33)30-26(24)34;2*1-16-11-30(12-17(2)36-16)13-18-6-7-22(28)19(10-18)15-35-24-5-3-4-20-21(24)14-31(27(20)34)23-8-9-25(32)29-26(23)33/h2*3-7,10,16-17,24,29H,8-9,11-15H2,1-2H3,(H,30,33,34);2*3-7,10,16-17,23H,8-9,11-15H2,1-2H3,(H,29,32,33)/i8D2,9D2,14D2,24D;8D2,9D2,14D2;8D2,9D2,13D2;13D2,23D. The van der Waals surface area contributed by atoms with Gasteiger partial charge in [0.2, 0.25) is 47.3 Å². The molecule has 8 aromatic rings. The van der Waals surface area contributed by atoms with Crippen molar-refractivity contribution in [1.29, 1.82) is 0 Å². The fraction of sp³-hybridized carbons (Fsp3) is 0.444. The number of hydrogen-bond donors (Lipinski definition) is 6. The van der Waals surface area contributed by atoms with Crippen molar-refractivity contribution >= 4 is 82.3 Å². The summed E-state index contributed by atoms with van der Waals surface area (Å²) < 4.78 is 279. The second kappa shape index (κ2) is 45.0. The molecule has 144 heavy (non-hydrogen) atoms. The molecule has 8 saturated heterocycles. The molecule has 12 amide bonds. The molecule has 8 aromatic carbocycles. The summed E-state index contributed by atoms with van der Waals surface area (Å²) in [5.41, 5.74) is 4.25. The van der Waals surface area contributed by atoms with Gasteiger partial charge in [0.1, 0.15) is 72.1 Å². The Kier molecular flexibility index (Phi) is 24.2. The number of nitrogens with zero attached hydrogens (tertiary/aromatic N) is 8. The number of anilines is 2. The molecule has 0 spiro atoms. The van der Waals surface area contributed by atoms with Crippen LogP contribution in [0.15, 0.2) is 146 Å². The van der Waals surface area contributed by atoms with Gasteiger partial charge in [-0.3, -0.25) is 98.4 Å². The lowest BCUT2D eigenvalue weighted by Gasteiger charge is -2.35. The molecule has 6 N–H and O–H groups in total. The monoisotopic (exact) mass is 2000 g/mol. The van der Waals surface area contributed by atoms with E-state index < -0.39 is 189 Å². The van der Waals surface area contributed by atoms with Crippen molar-refractivity contribution in [2.45, 2.75) is 258 Å². The number of carbonyl (C=O) groups is 12. The number of amides is 12. The molecule has 0 bridgehead atoms. The number of hydrogen-bond acceptors (Lipinski definition) is 24. The molecule has 20 rings (SSSR count). The maximum atomic E-state index is 14.9. The summed E-state index contributed by atoms with van der Waals surface area (Å²) in [6.07, 6.45) is -20.4. The number of benzene rings is 8. The lowest BCUT2D eigenvalue weighted by Crippen LogP contribution is -2.52. The molecule has 0 saturated carbocycles. The average molecular weight is 2000 g/mol. The maximum absolute atomic E-state index is 14.9. The summed E-state index contributed by atoms with van der Waals surface area (Å²) in [6, 6.07) is 25.6. The third kappa shape index (κ3) is 24.2. The van der Waals surface area contributed by atoms with Gasteiger partial charge in [0.25, 0.3) is 23.6 Å². The van der Waals surface area contributed by atoms with Crippen LogP contribution in [0.25, 0.3) is 0 Å². The minimum absolute atomic E-state index is 0.0267. The fourth-order valence-electron chi connectivity index (χ4n) is 19.0. The summed E-state index contributed by atoms with van der Waals surface area (Å²) in [7, 11) is 0.